The first-order valence-corrected chi connectivity index (χ1v) is 9.86. The maximum Gasteiger partial charge on any atom is 0.303 e. The van der Waals surface area contributed by atoms with Crippen molar-refractivity contribution in [2.24, 2.45) is 17.8 Å². The third-order valence-corrected chi connectivity index (χ3v) is 5.10. The first-order chi connectivity index (χ1) is 12.5. The summed E-state index contributed by atoms with van der Waals surface area (Å²) in [6, 6.07) is 0. The zero-order chi connectivity index (χ0) is 19.4. The molecule has 26 heavy (non-hydrogen) atoms. The smallest absolute Gasteiger partial charge is 0.303 e. The Hall–Kier alpha value is -1.46. The summed E-state index contributed by atoms with van der Waals surface area (Å²) >= 11 is 0. The van der Waals surface area contributed by atoms with E-state index in [0.29, 0.717) is 25.7 Å². The molecule has 148 valence electrons. The van der Waals surface area contributed by atoms with E-state index >= 15 is 0 Å². The highest BCUT2D eigenvalue weighted by Crippen LogP contribution is 2.37. The average molecular weight is 366 g/mol. The van der Waals surface area contributed by atoms with Crippen LogP contribution in [0.2, 0.25) is 0 Å². The van der Waals surface area contributed by atoms with E-state index < -0.39 is 12.1 Å². The van der Waals surface area contributed by atoms with Crippen LogP contribution in [0.1, 0.15) is 64.7 Å². The van der Waals surface area contributed by atoms with Crippen molar-refractivity contribution in [2.45, 2.75) is 70.8 Å². The number of carbonyl (C=O) groups is 2. The number of carboxylic acids is 1. The van der Waals surface area contributed by atoms with E-state index in [1.54, 1.807) is 6.08 Å². The Morgan fingerprint density at radius 2 is 2.04 bits per heavy atom. The summed E-state index contributed by atoms with van der Waals surface area (Å²) in [5, 5.41) is 28.3. The number of aliphatic hydroxyl groups excluding tert-OH is 2. The summed E-state index contributed by atoms with van der Waals surface area (Å²) in [7, 11) is 0. The predicted molar refractivity (Wildman–Crippen MR) is 102 cm³/mol. The van der Waals surface area contributed by atoms with E-state index in [4.69, 9.17) is 5.11 Å². The highest BCUT2D eigenvalue weighted by atomic mass is 16.4. The van der Waals surface area contributed by atoms with Crippen molar-refractivity contribution in [2.75, 3.05) is 6.61 Å². The van der Waals surface area contributed by atoms with Gasteiger partial charge in [0.1, 0.15) is 5.78 Å². The molecule has 0 bridgehead atoms. The van der Waals surface area contributed by atoms with Gasteiger partial charge in [-0.3, -0.25) is 9.59 Å². The first-order valence-electron chi connectivity index (χ1n) is 9.86. The molecule has 0 spiro atoms. The van der Waals surface area contributed by atoms with Crippen LogP contribution in [-0.2, 0) is 9.59 Å². The van der Waals surface area contributed by atoms with Crippen molar-refractivity contribution in [1.82, 2.24) is 0 Å². The lowest BCUT2D eigenvalue weighted by Crippen LogP contribution is -2.18. The van der Waals surface area contributed by atoms with Crippen molar-refractivity contribution < 1.29 is 24.9 Å². The number of hydrogen-bond acceptors (Lipinski definition) is 4. The minimum absolute atomic E-state index is 0.0223. The molecule has 0 aromatic carbocycles. The zero-order valence-electron chi connectivity index (χ0n) is 15.8. The van der Waals surface area contributed by atoms with Gasteiger partial charge >= 0.3 is 5.97 Å². The lowest BCUT2D eigenvalue weighted by Gasteiger charge is -2.19. The zero-order valence-corrected chi connectivity index (χ0v) is 15.8. The molecule has 4 atom stereocenters. The molecule has 5 nitrogen and oxygen atoms in total. The summed E-state index contributed by atoms with van der Waals surface area (Å²) in [6.45, 7) is 2.10. The highest BCUT2D eigenvalue weighted by molar-refractivity contribution is 5.84. The third-order valence-electron chi connectivity index (χ3n) is 5.10. The Bertz CT molecular complexity index is 483. The van der Waals surface area contributed by atoms with Crippen LogP contribution >= 0.6 is 0 Å². The third kappa shape index (κ3) is 8.28. The lowest BCUT2D eigenvalue weighted by atomic mass is 9.86. The molecule has 0 aliphatic heterocycles. The van der Waals surface area contributed by atoms with Gasteiger partial charge in [-0.15, -0.1) is 0 Å². The molecule has 3 N–H and O–H groups in total. The molecule has 0 amide bonds. The second-order valence-electron chi connectivity index (χ2n) is 7.24. The molecule has 0 saturated heterocycles. The largest absolute Gasteiger partial charge is 0.481 e. The van der Waals surface area contributed by atoms with Crippen LogP contribution in [0, 0.1) is 17.8 Å². The first kappa shape index (κ1) is 22.6. The summed E-state index contributed by atoms with van der Waals surface area (Å²) < 4.78 is 0. The van der Waals surface area contributed by atoms with E-state index in [-0.39, 0.29) is 36.6 Å². The molecule has 1 fully saturated rings. The van der Waals surface area contributed by atoms with Gasteiger partial charge in [0.2, 0.25) is 0 Å². The molecule has 5 heteroatoms. The van der Waals surface area contributed by atoms with Gasteiger partial charge in [0, 0.05) is 25.4 Å². The molecule has 1 rings (SSSR count). The number of aliphatic carboxylic acids is 1. The number of hydrogen-bond donors (Lipinski definition) is 3. The van der Waals surface area contributed by atoms with Crippen molar-refractivity contribution in [1.29, 1.82) is 0 Å². The van der Waals surface area contributed by atoms with E-state index in [1.165, 1.54) is 0 Å². The van der Waals surface area contributed by atoms with Gasteiger partial charge in [0.15, 0.2) is 0 Å². The molecular weight excluding hydrogens is 332 g/mol. The summed E-state index contributed by atoms with van der Waals surface area (Å²) in [5.41, 5.74) is 0. The maximum absolute atomic E-state index is 12.3. The standard InChI is InChI=1S/C21H34O5/c1-2-3-6-9-17(23)12-13-18-16(15-22)14-20(24)19(18)10-7-4-5-8-11-21(25)26/h4,7,12-13,16-19,22-23H,2-3,5-6,8-11,14-15H2,1H3,(H,25,26)/b7-4-,13-12+/t16-,17?,18-,19+/m0/s1. The molecule has 0 heterocycles. The quantitative estimate of drug-likeness (QED) is 0.342. The molecule has 0 aromatic rings. The van der Waals surface area contributed by atoms with Gasteiger partial charge in [-0.05, 0) is 37.5 Å². The van der Waals surface area contributed by atoms with Crippen LogP contribution in [0.4, 0.5) is 0 Å². The van der Waals surface area contributed by atoms with Crippen molar-refractivity contribution >= 4 is 11.8 Å². The second-order valence-corrected chi connectivity index (χ2v) is 7.24. The van der Waals surface area contributed by atoms with E-state index in [0.717, 1.165) is 25.7 Å². The molecular formula is C21H34O5. The Balaban J connectivity index is 2.56. The topological polar surface area (TPSA) is 94.8 Å². The van der Waals surface area contributed by atoms with Crippen molar-refractivity contribution in [3.63, 3.8) is 0 Å². The predicted octanol–water partition coefficient (Wildman–Crippen LogP) is 3.50. The fourth-order valence-corrected chi connectivity index (χ4v) is 3.54. The fraction of sp³-hybridized carbons (Fsp3) is 0.714. The normalized spacial score (nSPS) is 24.7. The van der Waals surface area contributed by atoms with Crippen LogP contribution in [0.15, 0.2) is 24.3 Å². The molecule has 0 radical (unpaired) electrons. The van der Waals surface area contributed by atoms with Crippen LogP contribution in [0.25, 0.3) is 0 Å². The average Bonchev–Trinajstić information content (AvgIpc) is 2.91. The minimum atomic E-state index is -0.794. The lowest BCUT2D eigenvalue weighted by molar-refractivity contribution is -0.137. The molecule has 1 aliphatic rings. The van der Waals surface area contributed by atoms with Gasteiger partial charge < -0.3 is 15.3 Å². The monoisotopic (exact) mass is 366 g/mol. The minimum Gasteiger partial charge on any atom is -0.481 e. The van der Waals surface area contributed by atoms with Crippen LogP contribution in [-0.4, -0.2) is 39.8 Å². The van der Waals surface area contributed by atoms with Crippen LogP contribution in [0.5, 0.6) is 0 Å². The number of carboxylic acid groups (broad SMARTS) is 1. The second kappa shape index (κ2) is 12.8. The van der Waals surface area contributed by atoms with E-state index in [2.05, 4.69) is 6.92 Å². The van der Waals surface area contributed by atoms with E-state index in [1.807, 2.05) is 18.2 Å². The molecule has 1 aliphatic carbocycles. The Morgan fingerprint density at radius 3 is 2.69 bits per heavy atom. The fourth-order valence-electron chi connectivity index (χ4n) is 3.54. The van der Waals surface area contributed by atoms with Gasteiger partial charge in [-0.25, -0.2) is 0 Å². The molecule has 1 saturated carbocycles. The summed E-state index contributed by atoms with van der Waals surface area (Å²) in [4.78, 5) is 22.8. The van der Waals surface area contributed by atoms with Crippen LogP contribution in [0.3, 0.4) is 0 Å². The number of unbranched alkanes of at least 4 members (excludes halogenated alkanes) is 3. The molecule has 0 aromatic heterocycles. The summed E-state index contributed by atoms with van der Waals surface area (Å²) in [5.74, 6) is -0.918. The SMILES string of the molecule is CCCCCC(O)/C=C/[C@H]1[C@H](CO)CC(=O)[C@@H]1C/C=C\CCCC(=O)O. The van der Waals surface area contributed by atoms with Crippen LogP contribution < -0.4 is 0 Å². The van der Waals surface area contributed by atoms with Crippen molar-refractivity contribution in [3.8, 4) is 0 Å². The van der Waals surface area contributed by atoms with Gasteiger partial charge in [-0.2, -0.15) is 0 Å². The maximum atomic E-state index is 12.3. The number of carbonyl (C=O) groups excluding carboxylic acids is 1. The van der Waals surface area contributed by atoms with Gasteiger partial charge in [0.05, 0.1) is 6.10 Å². The Kier molecular flexibility index (Phi) is 11.1. The van der Waals surface area contributed by atoms with Crippen molar-refractivity contribution in [3.05, 3.63) is 24.3 Å². The highest BCUT2D eigenvalue weighted by Gasteiger charge is 2.39. The number of Topliss-reactive ketones (excluding diaryl/α,β-unsaturated/α-hetero) is 1. The number of allylic oxidation sites excluding steroid dienone is 3. The van der Waals surface area contributed by atoms with Gasteiger partial charge in [-0.1, -0.05) is 50.5 Å². The Morgan fingerprint density at radius 1 is 1.27 bits per heavy atom. The summed E-state index contributed by atoms with van der Waals surface area (Å²) in [6.07, 6.45) is 13.4. The number of ketones is 1. The Labute approximate surface area is 156 Å². The number of rotatable bonds is 13. The van der Waals surface area contributed by atoms with E-state index in [9.17, 15) is 19.8 Å². The molecule has 1 unspecified atom stereocenters. The number of aliphatic hydroxyl groups is 2. The van der Waals surface area contributed by atoms with Gasteiger partial charge in [0.25, 0.3) is 0 Å².